The Kier molecular flexibility index (Phi) is 6.26. The van der Waals surface area contributed by atoms with E-state index >= 15 is 0 Å². The van der Waals surface area contributed by atoms with Gasteiger partial charge in [0.1, 0.15) is 0 Å². The standard InChI is InChI=1S/C13H28N2/c1-4-15(13-7-8-13)10-6-5-9-14-11-12(2)3/h12-14H,4-11H2,1-3H3. The van der Waals surface area contributed by atoms with Crippen LogP contribution >= 0.6 is 0 Å². The van der Waals surface area contributed by atoms with Crippen LogP contribution in [0.4, 0.5) is 0 Å². The highest BCUT2D eigenvalue weighted by molar-refractivity contribution is 4.83. The molecule has 0 aromatic rings. The summed E-state index contributed by atoms with van der Waals surface area (Å²) in [6.45, 7) is 11.7. The Hall–Kier alpha value is -0.0800. The first-order valence-corrected chi connectivity index (χ1v) is 6.68. The summed E-state index contributed by atoms with van der Waals surface area (Å²) >= 11 is 0. The van der Waals surface area contributed by atoms with Gasteiger partial charge in [0.05, 0.1) is 0 Å². The molecule has 1 N–H and O–H groups in total. The normalized spacial score (nSPS) is 16.6. The maximum Gasteiger partial charge on any atom is 0.00963 e. The van der Waals surface area contributed by atoms with Crippen molar-refractivity contribution in [1.82, 2.24) is 10.2 Å². The zero-order valence-corrected chi connectivity index (χ0v) is 10.8. The van der Waals surface area contributed by atoms with Crippen LogP contribution in [0.1, 0.15) is 46.5 Å². The van der Waals surface area contributed by atoms with Crippen LogP contribution in [0.15, 0.2) is 0 Å². The SMILES string of the molecule is CCN(CCCCNCC(C)C)C1CC1. The van der Waals surface area contributed by atoms with E-state index in [1.54, 1.807) is 0 Å². The fourth-order valence-electron chi connectivity index (χ4n) is 1.99. The molecule has 1 aliphatic rings. The third-order valence-corrected chi connectivity index (χ3v) is 3.07. The zero-order chi connectivity index (χ0) is 11.1. The van der Waals surface area contributed by atoms with E-state index in [4.69, 9.17) is 0 Å². The quantitative estimate of drug-likeness (QED) is 0.591. The maximum atomic E-state index is 3.50. The minimum Gasteiger partial charge on any atom is -0.316 e. The molecular formula is C13H28N2. The third-order valence-electron chi connectivity index (χ3n) is 3.07. The highest BCUT2D eigenvalue weighted by atomic mass is 15.2. The van der Waals surface area contributed by atoms with Crippen LogP contribution in [0.3, 0.4) is 0 Å². The number of unbranched alkanes of at least 4 members (excludes halogenated alkanes) is 1. The van der Waals surface area contributed by atoms with Gasteiger partial charge in [-0.1, -0.05) is 20.8 Å². The summed E-state index contributed by atoms with van der Waals surface area (Å²) in [5.74, 6) is 0.781. The maximum absolute atomic E-state index is 3.50. The first-order valence-electron chi connectivity index (χ1n) is 6.68. The van der Waals surface area contributed by atoms with Gasteiger partial charge >= 0.3 is 0 Å². The summed E-state index contributed by atoms with van der Waals surface area (Å²) in [6.07, 6.45) is 5.57. The molecular weight excluding hydrogens is 184 g/mol. The summed E-state index contributed by atoms with van der Waals surface area (Å²) in [7, 11) is 0. The van der Waals surface area contributed by atoms with E-state index in [1.165, 1.54) is 51.9 Å². The lowest BCUT2D eigenvalue weighted by molar-refractivity contribution is 0.271. The van der Waals surface area contributed by atoms with E-state index in [2.05, 4.69) is 31.0 Å². The van der Waals surface area contributed by atoms with Crippen LogP contribution in [0.5, 0.6) is 0 Å². The lowest BCUT2D eigenvalue weighted by atomic mass is 10.2. The second kappa shape index (κ2) is 7.24. The fourth-order valence-corrected chi connectivity index (χ4v) is 1.99. The Morgan fingerprint density at radius 3 is 2.53 bits per heavy atom. The topological polar surface area (TPSA) is 15.3 Å². The average Bonchev–Trinajstić information content (AvgIpc) is 3.00. The molecule has 1 aliphatic carbocycles. The summed E-state index contributed by atoms with van der Waals surface area (Å²) < 4.78 is 0. The van der Waals surface area contributed by atoms with Gasteiger partial charge in [0.2, 0.25) is 0 Å². The zero-order valence-electron chi connectivity index (χ0n) is 10.8. The largest absolute Gasteiger partial charge is 0.316 e. The molecule has 0 aromatic heterocycles. The van der Waals surface area contributed by atoms with Gasteiger partial charge in [-0.15, -0.1) is 0 Å². The summed E-state index contributed by atoms with van der Waals surface area (Å²) in [6, 6.07) is 0.943. The van der Waals surface area contributed by atoms with Gasteiger partial charge in [-0.25, -0.2) is 0 Å². The van der Waals surface area contributed by atoms with Gasteiger partial charge in [0.15, 0.2) is 0 Å². The van der Waals surface area contributed by atoms with Gasteiger partial charge in [-0.2, -0.15) is 0 Å². The van der Waals surface area contributed by atoms with E-state index in [9.17, 15) is 0 Å². The predicted molar refractivity (Wildman–Crippen MR) is 67.2 cm³/mol. The number of hydrogen-bond acceptors (Lipinski definition) is 2. The smallest absolute Gasteiger partial charge is 0.00963 e. The molecule has 0 unspecified atom stereocenters. The van der Waals surface area contributed by atoms with Crippen molar-refractivity contribution < 1.29 is 0 Å². The average molecular weight is 212 g/mol. The van der Waals surface area contributed by atoms with Crippen molar-refractivity contribution in [2.24, 2.45) is 5.92 Å². The first-order chi connectivity index (χ1) is 7.24. The molecule has 1 rings (SSSR count). The lowest BCUT2D eigenvalue weighted by Gasteiger charge is -2.19. The molecule has 0 amide bonds. The van der Waals surface area contributed by atoms with E-state index in [0.29, 0.717) is 0 Å². The first kappa shape index (κ1) is 13.0. The highest BCUT2D eigenvalue weighted by Gasteiger charge is 2.26. The molecule has 15 heavy (non-hydrogen) atoms. The summed E-state index contributed by atoms with van der Waals surface area (Å²) in [5, 5.41) is 3.50. The molecule has 0 aliphatic heterocycles. The molecule has 0 spiro atoms. The summed E-state index contributed by atoms with van der Waals surface area (Å²) in [4.78, 5) is 2.64. The van der Waals surface area contributed by atoms with Crippen LogP contribution < -0.4 is 5.32 Å². The van der Waals surface area contributed by atoms with Crippen molar-refractivity contribution in [2.75, 3.05) is 26.2 Å². The molecule has 1 fully saturated rings. The summed E-state index contributed by atoms with van der Waals surface area (Å²) in [5.41, 5.74) is 0. The van der Waals surface area contributed by atoms with Crippen molar-refractivity contribution in [2.45, 2.75) is 52.5 Å². The number of nitrogens with zero attached hydrogens (tertiary/aromatic N) is 1. The Morgan fingerprint density at radius 2 is 2.00 bits per heavy atom. The highest BCUT2D eigenvalue weighted by Crippen LogP contribution is 2.26. The molecule has 1 saturated carbocycles. The van der Waals surface area contributed by atoms with Crippen molar-refractivity contribution in [3.63, 3.8) is 0 Å². The van der Waals surface area contributed by atoms with Gasteiger partial charge in [-0.05, 0) is 57.8 Å². The molecule has 0 heterocycles. The van der Waals surface area contributed by atoms with Gasteiger partial charge in [0, 0.05) is 6.04 Å². The molecule has 0 aromatic carbocycles. The molecule has 90 valence electrons. The second-order valence-corrected chi connectivity index (χ2v) is 5.16. The van der Waals surface area contributed by atoms with Crippen molar-refractivity contribution in [3.05, 3.63) is 0 Å². The predicted octanol–water partition coefficient (Wildman–Crippen LogP) is 2.50. The minimum atomic E-state index is 0.781. The Balaban J connectivity index is 1.87. The van der Waals surface area contributed by atoms with Crippen molar-refractivity contribution in [1.29, 1.82) is 0 Å². The Labute approximate surface area is 95.4 Å². The van der Waals surface area contributed by atoms with Crippen LogP contribution in [-0.2, 0) is 0 Å². The van der Waals surface area contributed by atoms with Crippen molar-refractivity contribution in [3.8, 4) is 0 Å². The number of rotatable bonds is 9. The molecule has 2 nitrogen and oxygen atoms in total. The number of hydrogen-bond donors (Lipinski definition) is 1. The van der Waals surface area contributed by atoms with Gasteiger partial charge in [-0.3, -0.25) is 0 Å². The molecule has 0 bridgehead atoms. The third kappa shape index (κ3) is 6.16. The fraction of sp³-hybridized carbons (Fsp3) is 1.00. The Morgan fingerprint density at radius 1 is 1.27 bits per heavy atom. The number of nitrogens with one attached hydrogen (secondary N) is 1. The van der Waals surface area contributed by atoms with E-state index < -0.39 is 0 Å². The van der Waals surface area contributed by atoms with E-state index in [-0.39, 0.29) is 0 Å². The van der Waals surface area contributed by atoms with Crippen LogP contribution in [0.25, 0.3) is 0 Å². The van der Waals surface area contributed by atoms with Gasteiger partial charge < -0.3 is 10.2 Å². The molecule has 0 atom stereocenters. The molecule has 2 heteroatoms. The van der Waals surface area contributed by atoms with Crippen LogP contribution in [0, 0.1) is 5.92 Å². The molecule has 0 radical (unpaired) electrons. The monoisotopic (exact) mass is 212 g/mol. The lowest BCUT2D eigenvalue weighted by Crippen LogP contribution is -2.28. The van der Waals surface area contributed by atoms with Crippen LogP contribution in [0.2, 0.25) is 0 Å². The second-order valence-electron chi connectivity index (χ2n) is 5.16. The van der Waals surface area contributed by atoms with E-state index in [1.807, 2.05) is 0 Å². The van der Waals surface area contributed by atoms with E-state index in [0.717, 1.165) is 12.0 Å². The van der Waals surface area contributed by atoms with Crippen LogP contribution in [-0.4, -0.2) is 37.1 Å². The minimum absolute atomic E-state index is 0.781. The molecule has 0 saturated heterocycles. The Bertz CT molecular complexity index is 153. The van der Waals surface area contributed by atoms with Gasteiger partial charge in [0.25, 0.3) is 0 Å². The van der Waals surface area contributed by atoms with Crippen molar-refractivity contribution >= 4 is 0 Å².